The quantitative estimate of drug-likeness (QED) is 0.534. The van der Waals surface area contributed by atoms with Crippen molar-refractivity contribution in [3.8, 4) is 0 Å². The third-order valence-corrected chi connectivity index (χ3v) is 2.28. The van der Waals surface area contributed by atoms with Crippen LogP contribution >= 0.6 is 0 Å². The second-order valence-electron chi connectivity index (χ2n) is 3.12. The molecule has 1 aliphatic carbocycles. The van der Waals surface area contributed by atoms with Crippen molar-refractivity contribution < 1.29 is 9.62 Å². The molecule has 0 spiro atoms. The molecule has 0 radical (unpaired) electrons. The fourth-order valence-electron chi connectivity index (χ4n) is 1.43. The summed E-state index contributed by atoms with van der Waals surface area (Å²) in [6, 6.07) is 0. The molecule has 0 atom stereocenters. The van der Waals surface area contributed by atoms with E-state index in [-0.39, 0.29) is 22.5 Å². The molecule has 14 heavy (non-hydrogen) atoms. The molecule has 3 N–H and O–H groups in total. The Labute approximate surface area is 77.8 Å². The zero-order chi connectivity index (χ0) is 10.5. The van der Waals surface area contributed by atoms with Gasteiger partial charge in [0.1, 0.15) is 5.76 Å². The molecule has 74 valence electrons. The highest BCUT2D eigenvalue weighted by molar-refractivity contribution is 5.69. The topological polar surface area (TPSA) is 98.5 Å². The Morgan fingerprint density at radius 3 is 2.79 bits per heavy atom. The first kappa shape index (κ1) is 8.61. The van der Waals surface area contributed by atoms with Crippen molar-refractivity contribution in [2.24, 2.45) is 5.73 Å². The first-order chi connectivity index (χ1) is 6.52. The van der Waals surface area contributed by atoms with Gasteiger partial charge in [-0.3, -0.25) is 4.79 Å². The van der Waals surface area contributed by atoms with Crippen LogP contribution in [-0.2, 0) is 6.42 Å². The van der Waals surface area contributed by atoms with Crippen LogP contribution in [0.15, 0.2) is 19.7 Å². The number of fused-ring (bicyclic) bond motifs is 1. The summed E-state index contributed by atoms with van der Waals surface area (Å²) < 4.78 is 4.68. The summed E-state index contributed by atoms with van der Waals surface area (Å²) in [5.41, 5.74) is 6.10. The number of nitrogens with two attached hydrogens (primary N) is 1. The highest BCUT2D eigenvalue weighted by Gasteiger charge is 2.24. The number of hydrogen-bond donors (Lipinski definition) is 2. The van der Waals surface area contributed by atoms with Gasteiger partial charge in [0.05, 0.1) is 5.56 Å². The van der Waals surface area contributed by atoms with Crippen LogP contribution in [0.3, 0.4) is 0 Å². The molecule has 6 nitrogen and oxygen atoms in total. The van der Waals surface area contributed by atoms with Crippen molar-refractivity contribution in [1.29, 1.82) is 0 Å². The van der Waals surface area contributed by atoms with E-state index in [2.05, 4.69) is 0 Å². The minimum absolute atomic E-state index is 0.0509. The molecule has 1 aromatic rings. The number of nitrogens with zero attached hydrogens (tertiary/aromatic N) is 1. The molecule has 6 heteroatoms. The van der Waals surface area contributed by atoms with Crippen LogP contribution < -0.4 is 17.0 Å². The van der Waals surface area contributed by atoms with Gasteiger partial charge in [0.15, 0.2) is 0 Å². The summed E-state index contributed by atoms with van der Waals surface area (Å²) in [5, 5.41) is 8.98. The van der Waals surface area contributed by atoms with Gasteiger partial charge in [-0.1, -0.05) is 4.73 Å². The number of hydrogen-bond acceptors (Lipinski definition) is 5. The Kier molecular flexibility index (Phi) is 1.54. The van der Waals surface area contributed by atoms with E-state index >= 15 is 0 Å². The van der Waals surface area contributed by atoms with Gasteiger partial charge in [0.2, 0.25) is 0 Å². The number of allylic oxidation sites excluding steroid dienone is 2. The highest BCUT2D eigenvalue weighted by atomic mass is 16.5. The normalized spacial score (nSPS) is 14.6. The van der Waals surface area contributed by atoms with Gasteiger partial charge in [-0.2, -0.15) is 0 Å². The third-order valence-electron chi connectivity index (χ3n) is 2.28. The molecule has 0 saturated heterocycles. The van der Waals surface area contributed by atoms with Crippen molar-refractivity contribution in [1.82, 2.24) is 4.73 Å². The Morgan fingerprint density at radius 1 is 1.50 bits per heavy atom. The maximum Gasteiger partial charge on any atom is 0.456 e. The molecular weight excluding hydrogens is 188 g/mol. The molecule has 0 bridgehead atoms. The molecule has 1 heterocycles. The summed E-state index contributed by atoms with van der Waals surface area (Å²) in [6.45, 7) is 1.66. The number of rotatable bonds is 0. The summed E-state index contributed by atoms with van der Waals surface area (Å²) in [7, 11) is 0. The minimum atomic E-state index is -1.09. The van der Waals surface area contributed by atoms with Crippen LogP contribution in [0, 0.1) is 0 Å². The molecule has 0 amide bonds. The molecule has 1 aromatic heterocycles. The fourth-order valence-corrected chi connectivity index (χ4v) is 1.43. The van der Waals surface area contributed by atoms with E-state index in [0.717, 1.165) is 0 Å². The highest BCUT2D eigenvalue weighted by Crippen LogP contribution is 2.25. The lowest BCUT2D eigenvalue weighted by atomic mass is 10.2. The lowest BCUT2D eigenvalue weighted by Crippen LogP contribution is -2.33. The molecule has 0 aliphatic heterocycles. The second kappa shape index (κ2) is 2.50. The zero-order valence-electron chi connectivity index (χ0n) is 7.40. The molecule has 0 fully saturated rings. The molecule has 0 aromatic carbocycles. The average Bonchev–Trinajstić information content (AvgIpc) is 2.42. The standard InChI is InChI=1S/C8H8N2O4/c1-3-5(9)2-4-6(3)14-8(12)10(13)7(4)11/h13H,2,9H2,1H3. The molecule has 1 aliphatic rings. The lowest BCUT2D eigenvalue weighted by molar-refractivity contribution is 0.132. The summed E-state index contributed by atoms with van der Waals surface area (Å²) in [4.78, 5) is 22.3. The van der Waals surface area contributed by atoms with Crippen molar-refractivity contribution in [3.63, 3.8) is 0 Å². The van der Waals surface area contributed by atoms with E-state index in [1.807, 2.05) is 0 Å². The van der Waals surface area contributed by atoms with Crippen molar-refractivity contribution in [2.45, 2.75) is 13.3 Å². The van der Waals surface area contributed by atoms with Crippen LogP contribution in [0.5, 0.6) is 0 Å². The van der Waals surface area contributed by atoms with Gasteiger partial charge in [-0.15, -0.1) is 0 Å². The molecule has 0 unspecified atom stereocenters. The van der Waals surface area contributed by atoms with E-state index in [9.17, 15) is 9.59 Å². The molecule has 0 saturated carbocycles. The van der Waals surface area contributed by atoms with E-state index in [0.29, 0.717) is 11.3 Å². The lowest BCUT2D eigenvalue weighted by Gasteiger charge is -1.98. The predicted molar refractivity (Wildman–Crippen MR) is 46.9 cm³/mol. The molecule has 2 rings (SSSR count). The first-order valence-electron chi connectivity index (χ1n) is 3.96. The van der Waals surface area contributed by atoms with Gasteiger partial charge in [-0.25, -0.2) is 4.79 Å². The minimum Gasteiger partial charge on any atom is -0.420 e. The monoisotopic (exact) mass is 196 g/mol. The van der Waals surface area contributed by atoms with Gasteiger partial charge in [0.25, 0.3) is 5.56 Å². The van der Waals surface area contributed by atoms with Gasteiger partial charge in [-0.05, 0) is 6.92 Å². The van der Waals surface area contributed by atoms with Crippen LogP contribution in [0.4, 0.5) is 0 Å². The van der Waals surface area contributed by atoms with Crippen LogP contribution in [0.25, 0.3) is 5.57 Å². The fraction of sp³-hybridized carbons (Fsp3) is 0.250. The maximum absolute atomic E-state index is 11.3. The molecular formula is C8H8N2O4. The van der Waals surface area contributed by atoms with Gasteiger partial charge in [0, 0.05) is 17.7 Å². The van der Waals surface area contributed by atoms with Crippen LogP contribution in [0.1, 0.15) is 18.2 Å². The summed E-state index contributed by atoms with van der Waals surface area (Å²) in [6.07, 6.45) is 0.213. The Balaban J connectivity index is 2.86. The number of aromatic nitrogens is 1. The van der Waals surface area contributed by atoms with E-state index in [1.54, 1.807) is 6.92 Å². The average molecular weight is 196 g/mol. The van der Waals surface area contributed by atoms with Crippen LogP contribution in [-0.4, -0.2) is 9.94 Å². The van der Waals surface area contributed by atoms with Gasteiger partial charge >= 0.3 is 5.76 Å². The Hall–Kier alpha value is -1.98. The van der Waals surface area contributed by atoms with Crippen LogP contribution in [0.2, 0.25) is 0 Å². The smallest absolute Gasteiger partial charge is 0.420 e. The van der Waals surface area contributed by atoms with Gasteiger partial charge < -0.3 is 15.4 Å². The first-order valence-corrected chi connectivity index (χ1v) is 3.96. The second-order valence-corrected chi connectivity index (χ2v) is 3.12. The maximum atomic E-state index is 11.3. The largest absolute Gasteiger partial charge is 0.456 e. The van der Waals surface area contributed by atoms with Crippen molar-refractivity contribution in [2.75, 3.05) is 0 Å². The Bertz CT molecular complexity index is 549. The summed E-state index contributed by atoms with van der Waals surface area (Å²) >= 11 is 0. The SMILES string of the molecule is CC1=C(N)Cc2c1oc(=O)n(O)c2=O. The van der Waals surface area contributed by atoms with Crippen molar-refractivity contribution >= 4 is 5.57 Å². The zero-order valence-corrected chi connectivity index (χ0v) is 7.40. The third kappa shape index (κ3) is 0.905. The van der Waals surface area contributed by atoms with Crippen molar-refractivity contribution in [3.05, 3.63) is 37.9 Å². The van der Waals surface area contributed by atoms with E-state index in [1.165, 1.54) is 0 Å². The van der Waals surface area contributed by atoms with E-state index < -0.39 is 11.3 Å². The predicted octanol–water partition coefficient (Wildman–Crippen LogP) is -0.715. The Morgan fingerprint density at radius 2 is 2.14 bits per heavy atom. The summed E-state index contributed by atoms with van der Waals surface area (Å²) in [5.74, 6) is -0.911. The van der Waals surface area contributed by atoms with E-state index in [4.69, 9.17) is 15.4 Å².